The highest BCUT2D eigenvalue weighted by Gasteiger charge is 2.47. The molecule has 1 aliphatic carbocycles. The highest BCUT2D eigenvalue weighted by molar-refractivity contribution is 6.10. The molecular formula is C28H27N3O3. The standard InChI is InChI=1S/C28H27N3O3/c1-4-5-20-12-18(2)25(19(3)13-20)26-23(32)14-28(15-24(26)33)8-10-31(11-9-28)27(34)21-6-7-22(16-29)30-17-21/h6-7,12-13,17,26H,8-11,14-15H2,1-3H3. The van der Waals surface area contributed by atoms with E-state index in [0.717, 1.165) is 22.3 Å². The molecular weight excluding hydrogens is 426 g/mol. The first kappa shape index (κ1) is 23.4. The van der Waals surface area contributed by atoms with Gasteiger partial charge in [0.15, 0.2) is 0 Å². The van der Waals surface area contributed by atoms with Crippen LogP contribution < -0.4 is 0 Å². The molecule has 2 fully saturated rings. The molecule has 0 unspecified atom stereocenters. The van der Waals surface area contributed by atoms with Crippen molar-refractivity contribution < 1.29 is 14.4 Å². The molecule has 1 amide bonds. The molecule has 0 bridgehead atoms. The van der Waals surface area contributed by atoms with Gasteiger partial charge in [-0.3, -0.25) is 14.4 Å². The van der Waals surface area contributed by atoms with E-state index in [2.05, 4.69) is 16.8 Å². The maximum Gasteiger partial charge on any atom is 0.255 e. The Morgan fingerprint density at radius 1 is 1.09 bits per heavy atom. The number of benzene rings is 1. The summed E-state index contributed by atoms with van der Waals surface area (Å²) in [5.74, 6) is 5.05. The Morgan fingerprint density at radius 3 is 2.21 bits per heavy atom. The van der Waals surface area contributed by atoms with E-state index in [1.165, 1.54) is 12.3 Å². The number of piperidine rings is 1. The van der Waals surface area contributed by atoms with Crippen molar-refractivity contribution in [3.63, 3.8) is 0 Å². The van der Waals surface area contributed by atoms with Crippen LogP contribution in [0.5, 0.6) is 0 Å². The molecule has 34 heavy (non-hydrogen) atoms. The van der Waals surface area contributed by atoms with Crippen LogP contribution in [-0.2, 0) is 9.59 Å². The van der Waals surface area contributed by atoms with Crippen LogP contribution in [-0.4, -0.2) is 40.4 Å². The van der Waals surface area contributed by atoms with Crippen molar-refractivity contribution in [2.75, 3.05) is 13.1 Å². The minimum Gasteiger partial charge on any atom is -0.339 e. The van der Waals surface area contributed by atoms with Gasteiger partial charge in [-0.05, 0) is 80.0 Å². The highest BCUT2D eigenvalue weighted by atomic mass is 16.2. The lowest BCUT2D eigenvalue weighted by Crippen LogP contribution is -2.48. The van der Waals surface area contributed by atoms with Gasteiger partial charge in [0.25, 0.3) is 5.91 Å². The van der Waals surface area contributed by atoms with Crippen LogP contribution in [0.15, 0.2) is 30.5 Å². The minimum atomic E-state index is -0.710. The molecule has 4 rings (SSSR count). The third-order valence-electron chi connectivity index (χ3n) is 7.13. The molecule has 2 aromatic rings. The van der Waals surface area contributed by atoms with Crippen molar-refractivity contribution in [3.05, 3.63) is 64.0 Å². The van der Waals surface area contributed by atoms with Crippen LogP contribution in [0.3, 0.4) is 0 Å². The number of nitrogens with zero attached hydrogens (tertiary/aromatic N) is 3. The number of carbonyl (C=O) groups excluding carboxylic acids is 3. The van der Waals surface area contributed by atoms with Gasteiger partial charge < -0.3 is 4.90 Å². The summed E-state index contributed by atoms with van der Waals surface area (Å²) in [7, 11) is 0. The lowest BCUT2D eigenvalue weighted by Gasteiger charge is -2.44. The summed E-state index contributed by atoms with van der Waals surface area (Å²) < 4.78 is 0. The quantitative estimate of drug-likeness (QED) is 0.508. The monoisotopic (exact) mass is 453 g/mol. The zero-order chi connectivity index (χ0) is 24.5. The number of pyridine rings is 1. The summed E-state index contributed by atoms with van der Waals surface area (Å²) in [5, 5.41) is 8.89. The number of aromatic nitrogens is 1. The molecule has 1 aliphatic heterocycles. The zero-order valence-electron chi connectivity index (χ0n) is 19.8. The largest absolute Gasteiger partial charge is 0.339 e. The number of nitriles is 1. The Labute approximate surface area is 200 Å². The molecule has 0 atom stereocenters. The van der Waals surface area contributed by atoms with E-state index >= 15 is 0 Å². The van der Waals surface area contributed by atoms with Crippen molar-refractivity contribution in [2.24, 2.45) is 5.41 Å². The molecule has 6 nitrogen and oxygen atoms in total. The van der Waals surface area contributed by atoms with Gasteiger partial charge in [0, 0.05) is 37.7 Å². The predicted molar refractivity (Wildman–Crippen MR) is 127 cm³/mol. The number of likely N-dealkylation sites (tertiary alicyclic amines) is 1. The van der Waals surface area contributed by atoms with E-state index in [0.29, 0.717) is 44.3 Å². The molecule has 1 saturated carbocycles. The molecule has 2 heterocycles. The summed E-state index contributed by atoms with van der Waals surface area (Å²) in [6.45, 7) is 6.65. The molecule has 172 valence electrons. The highest BCUT2D eigenvalue weighted by Crippen LogP contribution is 2.46. The Bertz CT molecular complexity index is 1220. The van der Waals surface area contributed by atoms with Crippen molar-refractivity contribution in [1.82, 2.24) is 9.88 Å². The van der Waals surface area contributed by atoms with E-state index in [9.17, 15) is 14.4 Å². The number of hydrogen-bond acceptors (Lipinski definition) is 5. The Balaban J connectivity index is 1.47. The van der Waals surface area contributed by atoms with E-state index in [1.54, 1.807) is 17.9 Å². The Hall–Kier alpha value is -3.77. The minimum absolute atomic E-state index is 0.0205. The Morgan fingerprint density at radius 2 is 1.71 bits per heavy atom. The lowest BCUT2D eigenvalue weighted by molar-refractivity contribution is -0.138. The van der Waals surface area contributed by atoms with Gasteiger partial charge in [-0.1, -0.05) is 5.92 Å². The third-order valence-corrected chi connectivity index (χ3v) is 7.13. The fourth-order valence-electron chi connectivity index (χ4n) is 5.46. The second-order valence-electron chi connectivity index (χ2n) is 9.45. The van der Waals surface area contributed by atoms with Gasteiger partial charge in [-0.2, -0.15) is 5.26 Å². The lowest BCUT2D eigenvalue weighted by atomic mass is 9.62. The number of carbonyl (C=O) groups is 3. The van der Waals surface area contributed by atoms with Crippen LogP contribution in [0.25, 0.3) is 0 Å². The summed E-state index contributed by atoms with van der Waals surface area (Å²) in [5.41, 5.74) is 3.90. The van der Waals surface area contributed by atoms with Gasteiger partial charge in [0.2, 0.25) is 0 Å². The summed E-state index contributed by atoms with van der Waals surface area (Å²) >= 11 is 0. The first-order valence-electron chi connectivity index (χ1n) is 11.5. The number of Topliss-reactive ketones (excluding diaryl/α,β-unsaturated/α-hetero) is 2. The fraction of sp³-hybridized carbons (Fsp3) is 0.393. The number of hydrogen-bond donors (Lipinski definition) is 0. The normalized spacial score (nSPS) is 17.8. The zero-order valence-corrected chi connectivity index (χ0v) is 19.8. The molecule has 0 radical (unpaired) electrons. The first-order chi connectivity index (χ1) is 16.3. The fourth-order valence-corrected chi connectivity index (χ4v) is 5.46. The first-order valence-corrected chi connectivity index (χ1v) is 11.5. The smallest absolute Gasteiger partial charge is 0.255 e. The molecule has 1 spiro atoms. The SMILES string of the molecule is CC#Cc1cc(C)c(C2C(=O)CC3(CCN(C(=O)c4ccc(C#N)nc4)CC3)CC2=O)c(C)c1. The average molecular weight is 454 g/mol. The maximum absolute atomic E-state index is 13.3. The van der Waals surface area contributed by atoms with Gasteiger partial charge in [0.05, 0.1) is 5.56 Å². The van der Waals surface area contributed by atoms with Crippen molar-refractivity contribution in [2.45, 2.75) is 52.4 Å². The summed E-state index contributed by atoms with van der Waals surface area (Å²) in [4.78, 5) is 45.2. The van der Waals surface area contributed by atoms with Crippen molar-refractivity contribution >= 4 is 17.5 Å². The van der Waals surface area contributed by atoms with E-state index < -0.39 is 5.92 Å². The second-order valence-corrected chi connectivity index (χ2v) is 9.45. The van der Waals surface area contributed by atoms with Crippen LogP contribution in [0.1, 0.15) is 76.8 Å². The van der Waals surface area contributed by atoms with Crippen LogP contribution in [0.4, 0.5) is 0 Å². The molecule has 1 aromatic carbocycles. The van der Waals surface area contributed by atoms with Gasteiger partial charge in [-0.15, -0.1) is 5.92 Å². The van der Waals surface area contributed by atoms with Crippen molar-refractivity contribution in [1.29, 1.82) is 5.26 Å². The van der Waals surface area contributed by atoms with Gasteiger partial charge in [-0.25, -0.2) is 4.98 Å². The number of aryl methyl sites for hydroxylation is 2. The summed E-state index contributed by atoms with van der Waals surface area (Å²) in [6.07, 6.45) is 3.38. The van der Waals surface area contributed by atoms with Crippen LogP contribution >= 0.6 is 0 Å². The predicted octanol–water partition coefficient (Wildman–Crippen LogP) is 3.88. The average Bonchev–Trinajstić information content (AvgIpc) is 2.81. The van der Waals surface area contributed by atoms with Crippen LogP contribution in [0, 0.1) is 42.4 Å². The van der Waals surface area contributed by atoms with E-state index in [4.69, 9.17) is 5.26 Å². The van der Waals surface area contributed by atoms with E-state index in [-0.39, 0.29) is 28.6 Å². The number of rotatable bonds is 2. The molecule has 1 aromatic heterocycles. The van der Waals surface area contributed by atoms with Gasteiger partial charge in [0.1, 0.15) is 29.2 Å². The third kappa shape index (κ3) is 4.37. The molecule has 1 saturated heterocycles. The van der Waals surface area contributed by atoms with E-state index in [1.807, 2.05) is 32.0 Å². The number of amides is 1. The summed E-state index contributed by atoms with van der Waals surface area (Å²) in [6, 6.07) is 8.99. The van der Waals surface area contributed by atoms with Crippen molar-refractivity contribution in [3.8, 4) is 17.9 Å². The second kappa shape index (κ2) is 9.23. The maximum atomic E-state index is 13.3. The topological polar surface area (TPSA) is 91.1 Å². The van der Waals surface area contributed by atoms with Crippen LogP contribution in [0.2, 0.25) is 0 Å². The van der Waals surface area contributed by atoms with Gasteiger partial charge >= 0.3 is 0 Å². The number of ketones is 2. The molecule has 0 N–H and O–H groups in total. The molecule has 6 heteroatoms. The molecule has 2 aliphatic rings. The Kier molecular flexibility index (Phi) is 6.35.